The Labute approximate surface area is 99.2 Å². The summed E-state index contributed by atoms with van der Waals surface area (Å²) in [4.78, 5) is 0. The van der Waals surface area contributed by atoms with Gasteiger partial charge in [-0.25, -0.2) is 0 Å². The van der Waals surface area contributed by atoms with Crippen molar-refractivity contribution in [1.29, 1.82) is 0 Å². The van der Waals surface area contributed by atoms with Gasteiger partial charge in [0.15, 0.2) is 0 Å². The Bertz CT molecular complexity index is 332. The van der Waals surface area contributed by atoms with Crippen LogP contribution in [0.3, 0.4) is 0 Å². The summed E-state index contributed by atoms with van der Waals surface area (Å²) in [6.45, 7) is 8.76. The van der Waals surface area contributed by atoms with Gasteiger partial charge in [0.2, 0.25) is 0 Å². The lowest BCUT2D eigenvalue weighted by Gasteiger charge is -2.20. The van der Waals surface area contributed by atoms with Gasteiger partial charge in [-0.3, -0.25) is 11.3 Å². The van der Waals surface area contributed by atoms with Gasteiger partial charge in [-0.05, 0) is 43.7 Å². The number of aryl methyl sites for hydroxylation is 2. The van der Waals surface area contributed by atoms with Crippen molar-refractivity contribution in [3.05, 3.63) is 34.9 Å². The molecule has 0 saturated carbocycles. The van der Waals surface area contributed by atoms with Gasteiger partial charge in [0.1, 0.15) is 0 Å². The Hall–Kier alpha value is -0.860. The highest BCUT2D eigenvalue weighted by molar-refractivity contribution is 5.32. The molecule has 16 heavy (non-hydrogen) atoms. The fraction of sp³-hybridized carbons (Fsp3) is 0.571. The van der Waals surface area contributed by atoms with Crippen molar-refractivity contribution < 1.29 is 0 Å². The van der Waals surface area contributed by atoms with Gasteiger partial charge in [-0.15, -0.1) is 0 Å². The van der Waals surface area contributed by atoms with Crippen LogP contribution in [-0.2, 0) is 0 Å². The van der Waals surface area contributed by atoms with Gasteiger partial charge < -0.3 is 0 Å². The lowest BCUT2D eigenvalue weighted by Crippen LogP contribution is -2.28. The molecule has 1 atom stereocenters. The molecule has 1 aromatic carbocycles. The molecule has 0 heterocycles. The van der Waals surface area contributed by atoms with Crippen molar-refractivity contribution in [3.63, 3.8) is 0 Å². The maximum Gasteiger partial charge on any atom is 0.0462 e. The van der Waals surface area contributed by atoms with E-state index in [4.69, 9.17) is 5.84 Å². The van der Waals surface area contributed by atoms with Crippen LogP contribution in [0.1, 0.15) is 49.4 Å². The molecule has 0 spiro atoms. The van der Waals surface area contributed by atoms with Gasteiger partial charge in [0.25, 0.3) is 0 Å². The number of hydrogen-bond donors (Lipinski definition) is 2. The Balaban J connectivity index is 2.81. The monoisotopic (exact) mass is 220 g/mol. The van der Waals surface area contributed by atoms with E-state index in [9.17, 15) is 0 Å². The van der Waals surface area contributed by atoms with Crippen LogP contribution in [0.5, 0.6) is 0 Å². The van der Waals surface area contributed by atoms with Crippen molar-refractivity contribution in [2.45, 2.75) is 46.6 Å². The SMILES string of the molecule is Cc1ccc(C)c(C(CCC(C)C)NN)c1. The highest BCUT2D eigenvalue weighted by Gasteiger charge is 2.12. The van der Waals surface area contributed by atoms with E-state index in [0.717, 1.165) is 12.3 Å². The molecule has 1 rings (SSSR count). The first kappa shape index (κ1) is 13.2. The van der Waals surface area contributed by atoms with Crippen molar-refractivity contribution in [1.82, 2.24) is 5.43 Å². The molecule has 0 aliphatic carbocycles. The van der Waals surface area contributed by atoms with Crippen molar-refractivity contribution in [3.8, 4) is 0 Å². The summed E-state index contributed by atoms with van der Waals surface area (Å²) < 4.78 is 0. The maximum atomic E-state index is 5.66. The van der Waals surface area contributed by atoms with E-state index in [2.05, 4.69) is 51.3 Å². The molecule has 2 nitrogen and oxygen atoms in total. The van der Waals surface area contributed by atoms with Crippen molar-refractivity contribution in [2.75, 3.05) is 0 Å². The second kappa shape index (κ2) is 6.02. The zero-order valence-electron chi connectivity index (χ0n) is 10.9. The van der Waals surface area contributed by atoms with E-state index in [1.54, 1.807) is 0 Å². The van der Waals surface area contributed by atoms with Crippen LogP contribution in [0.15, 0.2) is 18.2 Å². The fourth-order valence-electron chi connectivity index (χ4n) is 1.96. The summed E-state index contributed by atoms with van der Waals surface area (Å²) in [5, 5.41) is 0. The topological polar surface area (TPSA) is 38.0 Å². The molecular formula is C14H24N2. The van der Waals surface area contributed by atoms with Gasteiger partial charge in [-0.2, -0.15) is 0 Å². The van der Waals surface area contributed by atoms with E-state index in [0.29, 0.717) is 0 Å². The van der Waals surface area contributed by atoms with Crippen LogP contribution in [0.25, 0.3) is 0 Å². The number of nitrogens with two attached hydrogens (primary N) is 1. The minimum Gasteiger partial charge on any atom is -0.271 e. The molecule has 0 amide bonds. The van der Waals surface area contributed by atoms with E-state index in [1.165, 1.54) is 23.1 Å². The van der Waals surface area contributed by atoms with E-state index < -0.39 is 0 Å². The highest BCUT2D eigenvalue weighted by Crippen LogP contribution is 2.24. The number of nitrogens with one attached hydrogen (secondary N) is 1. The Morgan fingerprint density at radius 3 is 2.44 bits per heavy atom. The smallest absolute Gasteiger partial charge is 0.0462 e. The summed E-state index contributed by atoms with van der Waals surface area (Å²) in [7, 11) is 0. The Kier molecular flexibility index (Phi) is 4.97. The molecule has 1 aromatic rings. The van der Waals surface area contributed by atoms with Crippen molar-refractivity contribution >= 4 is 0 Å². The lowest BCUT2D eigenvalue weighted by atomic mass is 9.94. The van der Waals surface area contributed by atoms with Crippen LogP contribution in [0.2, 0.25) is 0 Å². The third-order valence-electron chi connectivity index (χ3n) is 3.04. The Morgan fingerprint density at radius 2 is 1.88 bits per heavy atom. The molecule has 2 heteroatoms. The molecule has 0 fully saturated rings. The molecule has 0 radical (unpaired) electrons. The van der Waals surface area contributed by atoms with Gasteiger partial charge in [0, 0.05) is 6.04 Å². The van der Waals surface area contributed by atoms with Crippen molar-refractivity contribution in [2.24, 2.45) is 11.8 Å². The molecule has 0 aromatic heterocycles. The van der Waals surface area contributed by atoms with Crippen LogP contribution < -0.4 is 11.3 Å². The molecule has 90 valence electrons. The Morgan fingerprint density at radius 1 is 1.19 bits per heavy atom. The summed E-state index contributed by atoms with van der Waals surface area (Å²) in [6.07, 6.45) is 2.29. The highest BCUT2D eigenvalue weighted by atomic mass is 15.2. The zero-order chi connectivity index (χ0) is 12.1. The summed E-state index contributed by atoms with van der Waals surface area (Å²) in [5.74, 6) is 6.38. The van der Waals surface area contributed by atoms with Crippen LogP contribution in [-0.4, -0.2) is 0 Å². The number of benzene rings is 1. The third kappa shape index (κ3) is 3.62. The number of rotatable bonds is 5. The van der Waals surface area contributed by atoms with Crippen LogP contribution in [0.4, 0.5) is 0 Å². The number of hydrogen-bond acceptors (Lipinski definition) is 2. The molecular weight excluding hydrogens is 196 g/mol. The normalized spacial score (nSPS) is 13.1. The number of hydrazine groups is 1. The predicted octanol–water partition coefficient (Wildman–Crippen LogP) is 3.24. The van der Waals surface area contributed by atoms with Gasteiger partial charge in [-0.1, -0.05) is 37.6 Å². The summed E-state index contributed by atoms with van der Waals surface area (Å²) >= 11 is 0. The van der Waals surface area contributed by atoms with E-state index in [1.807, 2.05) is 0 Å². The minimum absolute atomic E-state index is 0.280. The molecule has 1 unspecified atom stereocenters. The molecule has 0 saturated heterocycles. The lowest BCUT2D eigenvalue weighted by molar-refractivity contribution is 0.447. The molecule has 0 aliphatic heterocycles. The standard InChI is InChI=1S/C14H24N2/c1-10(2)5-8-14(16-15)13-9-11(3)6-7-12(13)4/h6-7,9-10,14,16H,5,8,15H2,1-4H3. The molecule has 3 N–H and O–H groups in total. The summed E-state index contributed by atoms with van der Waals surface area (Å²) in [5.41, 5.74) is 6.89. The predicted molar refractivity (Wildman–Crippen MR) is 70.1 cm³/mol. The van der Waals surface area contributed by atoms with Gasteiger partial charge in [0.05, 0.1) is 0 Å². The maximum absolute atomic E-state index is 5.66. The first-order chi connectivity index (χ1) is 7.54. The average molecular weight is 220 g/mol. The minimum atomic E-state index is 0.280. The third-order valence-corrected chi connectivity index (χ3v) is 3.04. The van der Waals surface area contributed by atoms with E-state index >= 15 is 0 Å². The zero-order valence-corrected chi connectivity index (χ0v) is 10.9. The summed E-state index contributed by atoms with van der Waals surface area (Å²) in [6, 6.07) is 6.83. The van der Waals surface area contributed by atoms with Crippen LogP contribution in [0, 0.1) is 19.8 Å². The quantitative estimate of drug-likeness (QED) is 0.590. The molecule has 0 bridgehead atoms. The fourth-order valence-corrected chi connectivity index (χ4v) is 1.96. The first-order valence-corrected chi connectivity index (χ1v) is 6.08. The van der Waals surface area contributed by atoms with Gasteiger partial charge >= 0.3 is 0 Å². The van der Waals surface area contributed by atoms with E-state index in [-0.39, 0.29) is 6.04 Å². The average Bonchev–Trinajstić information content (AvgIpc) is 2.23. The largest absolute Gasteiger partial charge is 0.271 e. The second-order valence-corrected chi connectivity index (χ2v) is 5.05. The van der Waals surface area contributed by atoms with Crippen LogP contribution >= 0.6 is 0 Å². The first-order valence-electron chi connectivity index (χ1n) is 6.08. The molecule has 0 aliphatic rings. The second-order valence-electron chi connectivity index (χ2n) is 5.05.